The number of nitrogens with zero attached hydrogens (tertiary/aromatic N) is 1. The summed E-state index contributed by atoms with van der Waals surface area (Å²) < 4.78 is 13.1. The van der Waals surface area contributed by atoms with Gasteiger partial charge in [-0.15, -0.1) is 0 Å². The lowest BCUT2D eigenvalue weighted by Gasteiger charge is -2.55. The molecule has 1 saturated carbocycles. The van der Waals surface area contributed by atoms with Gasteiger partial charge in [0.15, 0.2) is 0 Å². The number of aliphatic carboxylic acids is 1. The van der Waals surface area contributed by atoms with E-state index in [4.69, 9.17) is 9.47 Å². The summed E-state index contributed by atoms with van der Waals surface area (Å²) in [5.41, 5.74) is 0.525. The Labute approximate surface area is 203 Å². The van der Waals surface area contributed by atoms with Crippen LogP contribution in [0.1, 0.15) is 89.2 Å². The second-order valence-electron chi connectivity index (χ2n) is 11.5. The highest BCUT2D eigenvalue weighted by Gasteiger charge is 2.54. The Bertz CT molecular complexity index is 902. The first-order chi connectivity index (χ1) is 16.4. The molecule has 6 heteroatoms. The van der Waals surface area contributed by atoms with E-state index in [1.807, 2.05) is 18.2 Å². The Morgan fingerprint density at radius 3 is 2.59 bits per heavy atom. The van der Waals surface area contributed by atoms with E-state index in [1.165, 1.54) is 32.1 Å². The van der Waals surface area contributed by atoms with Crippen LogP contribution in [0.25, 0.3) is 0 Å². The fourth-order valence-electron chi connectivity index (χ4n) is 6.93. The van der Waals surface area contributed by atoms with Crippen molar-refractivity contribution < 1.29 is 24.2 Å². The van der Waals surface area contributed by atoms with E-state index in [-0.39, 0.29) is 23.9 Å². The van der Waals surface area contributed by atoms with Gasteiger partial charge in [-0.25, -0.2) is 0 Å². The molecule has 1 amide bonds. The zero-order valence-electron chi connectivity index (χ0n) is 20.5. The molecule has 3 aliphatic heterocycles. The SMILES string of the molecule is C[C@@]1(CCC(=O)O)Oc2ccccc2[C@H]2OCC3(CCN(C(=O)CC4CCCCC4)CC3)C[C@@H]21. The molecule has 1 N–H and O–H groups in total. The van der Waals surface area contributed by atoms with Crippen molar-refractivity contribution in [2.75, 3.05) is 19.7 Å². The van der Waals surface area contributed by atoms with Crippen LogP contribution in [0.15, 0.2) is 24.3 Å². The summed E-state index contributed by atoms with van der Waals surface area (Å²) in [6.07, 6.45) is 10.3. The van der Waals surface area contributed by atoms with E-state index in [2.05, 4.69) is 17.9 Å². The summed E-state index contributed by atoms with van der Waals surface area (Å²) in [6.45, 7) is 4.36. The number of rotatable bonds is 5. The molecular weight excluding hydrogens is 430 g/mol. The molecule has 4 aliphatic rings. The van der Waals surface area contributed by atoms with Crippen LogP contribution in [0.4, 0.5) is 0 Å². The quantitative estimate of drug-likeness (QED) is 0.628. The Morgan fingerprint density at radius 1 is 1.12 bits per heavy atom. The van der Waals surface area contributed by atoms with Gasteiger partial charge < -0.3 is 19.5 Å². The number of ether oxygens (including phenoxy) is 2. The second kappa shape index (κ2) is 9.52. The Balaban J connectivity index is 1.28. The number of carbonyl (C=O) groups excluding carboxylic acids is 1. The Hall–Kier alpha value is -2.08. The molecule has 34 heavy (non-hydrogen) atoms. The summed E-state index contributed by atoms with van der Waals surface area (Å²) in [5.74, 6) is 1.02. The van der Waals surface area contributed by atoms with E-state index in [0.29, 0.717) is 31.3 Å². The number of carbonyl (C=O) groups is 2. The summed E-state index contributed by atoms with van der Waals surface area (Å²) in [6, 6.07) is 8.02. The molecule has 186 valence electrons. The van der Waals surface area contributed by atoms with E-state index in [1.54, 1.807) is 0 Å². The van der Waals surface area contributed by atoms with Crippen LogP contribution in [0, 0.1) is 17.3 Å². The molecule has 0 unspecified atom stereocenters. The molecule has 2 saturated heterocycles. The van der Waals surface area contributed by atoms with Gasteiger partial charge in [-0.1, -0.05) is 37.5 Å². The fourth-order valence-corrected chi connectivity index (χ4v) is 6.93. The van der Waals surface area contributed by atoms with Gasteiger partial charge in [-0.3, -0.25) is 9.59 Å². The molecule has 0 bridgehead atoms. The number of hydrogen-bond acceptors (Lipinski definition) is 4. The largest absolute Gasteiger partial charge is 0.487 e. The minimum atomic E-state index is -0.795. The van der Waals surface area contributed by atoms with Gasteiger partial charge in [0.25, 0.3) is 0 Å². The van der Waals surface area contributed by atoms with Crippen LogP contribution in [0.5, 0.6) is 5.75 Å². The molecule has 1 aliphatic carbocycles. The Morgan fingerprint density at radius 2 is 1.85 bits per heavy atom. The minimum Gasteiger partial charge on any atom is -0.487 e. The molecule has 1 aromatic carbocycles. The minimum absolute atomic E-state index is 0.0307. The number of carboxylic acid groups (broad SMARTS) is 1. The van der Waals surface area contributed by atoms with Gasteiger partial charge in [-0.05, 0) is 62.8 Å². The molecule has 0 radical (unpaired) electrons. The van der Waals surface area contributed by atoms with Crippen LogP contribution < -0.4 is 4.74 Å². The van der Waals surface area contributed by atoms with Crippen LogP contribution in [-0.2, 0) is 14.3 Å². The van der Waals surface area contributed by atoms with Crippen LogP contribution in [0.2, 0.25) is 0 Å². The third-order valence-corrected chi connectivity index (χ3v) is 9.14. The zero-order valence-corrected chi connectivity index (χ0v) is 20.5. The average Bonchev–Trinajstić information content (AvgIpc) is 2.84. The maximum absolute atomic E-state index is 13.0. The van der Waals surface area contributed by atoms with E-state index in [0.717, 1.165) is 43.7 Å². The normalized spacial score (nSPS) is 30.8. The van der Waals surface area contributed by atoms with Crippen molar-refractivity contribution in [1.29, 1.82) is 0 Å². The molecule has 3 atom stereocenters. The number of piperidine rings is 1. The first kappa shape index (κ1) is 23.7. The van der Waals surface area contributed by atoms with Gasteiger partial charge in [0.1, 0.15) is 11.4 Å². The number of hydrogen-bond donors (Lipinski definition) is 1. The maximum atomic E-state index is 13.0. The molecule has 6 nitrogen and oxygen atoms in total. The summed E-state index contributed by atoms with van der Waals surface area (Å²) in [7, 11) is 0. The first-order valence-corrected chi connectivity index (χ1v) is 13.3. The van der Waals surface area contributed by atoms with Crippen molar-refractivity contribution in [2.24, 2.45) is 17.3 Å². The Kier molecular flexibility index (Phi) is 6.62. The molecule has 5 rings (SSSR count). The summed E-state index contributed by atoms with van der Waals surface area (Å²) in [5, 5.41) is 9.37. The van der Waals surface area contributed by atoms with Crippen LogP contribution in [-0.4, -0.2) is 47.2 Å². The summed E-state index contributed by atoms with van der Waals surface area (Å²) in [4.78, 5) is 26.5. The van der Waals surface area contributed by atoms with Gasteiger partial charge >= 0.3 is 5.97 Å². The van der Waals surface area contributed by atoms with Gasteiger partial charge in [0.2, 0.25) is 5.91 Å². The lowest BCUT2D eigenvalue weighted by Crippen LogP contribution is -2.56. The summed E-state index contributed by atoms with van der Waals surface area (Å²) >= 11 is 0. The van der Waals surface area contributed by atoms with Crippen molar-refractivity contribution >= 4 is 11.9 Å². The number of benzene rings is 1. The van der Waals surface area contributed by atoms with E-state index in [9.17, 15) is 14.7 Å². The number of fused-ring (bicyclic) bond motifs is 3. The number of carboxylic acids is 1. The molecule has 0 aromatic heterocycles. The number of likely N-dealkylation sites (tertiary alicyclic amines) is 1. The lowest BCUT2D eigenvalue weighted by molar-refractivity contribution is -0.183. The van der Waals surface area contributed by atoms with Crippen molar-refractivity contribution in [3.8, 4) is 5.75 Å². The third kappa shape index (κ3) is 4.71. The highest BCUT2D eigenvalue weighted by Crippen LogP contribution is 2.56. The fraction of sp³-hybridized carbons (Fsp3) is 0.714. The van der Waals surface area contributed by atoms with Gasteiger partial charge in [0.05, 0.1) is 12.7 Å². The monoisotopic (exact) mass is 469 g/mol. The van der Waals surface area contributed by atoms with Gasteiger partial charge in [-0.2, -0.15) is 0 Å². The number of para-hydroxylation sites is 1. The molecular formula is C28H39NO5. The van der Waals surface area contributed by atoms with Crippen molar-refractivity contribution in [3.05, 3.63) is 29.8 Å². The topological polar surface area (TPSA) is 76.1 Å². The van der Waals surface area contributed by atoms with Gasteiger partial charge in [0, 0.05) is 37.4 Å². The predicted octanol–water partition coefficient (Wildman–Crippen LogP) is 5.36. The molecule has 3 heterocycles. The lowest BCUT2D eigenvalue weighted by atomic mass is 9.63. The van der Waals surface area contributed by atoms with E-state index >= 15 is 0 Å². The van der Waals surface area contributed by atoms with Crippen LogP contribution in [0.3, 0.4) is 0 Å². The van der Waals surface area contributed by atoms with Crippen LogP contribution >= 0.6 is 0 Å². The molecule has 1 aromatic rings. The highest BCUT2D eigenvalue weighted by atomic mass is 16.5. The average molecular weight is 470 g/mol. The predicted molar refractivity (Wildman–Crippen MR) is 129 cm³/mol. The zero-order chi connectivity index (χ0) is 23.8. The van der Waals surface area contributed by atoms with Crippen molar-refractivity contribution in [1.82, 2.24) is 4.90 Å². The maximum Gasteiger partial charge on any atom is 0.303 e. The molecule has 1 spiro atoms. The standard InChI is InChI=1S/C28H39NO5/c1-27(12-11-25(31)32)22-18-28(19-33-26(22)21-9-5-6-10-23(21)34-27)13-15-29(16-14-28)24(30)17-20-7-3-2-4-8-20/h5-6,9-10,20,22,26H,2-4,7-8,11-19H2,1H3,(H,31,32)/t22-,26+,27-/m0/s1. The van der Waals surface area contributed by atoms with Crippen molar-refractivity contribution in [3.63, 3.8) is 0 Å². The van der Waals surface area contributed by atoms with E-state index < -0.39 is 11.6 Å². The first-order valence-electron chi connectivity index (χ1n) is 13.3. The third-order valence-electron chi connectivity index (χ3n) is 9.14. The number of amides is 1. The second-order valence-corrected chi connectivity index (χ2v) is 11.5. The highest BCUT2D eigenvalue weighted by molar-refractivity contribution is 5.76. The van der Waals surface area contributed by atoms with Crippen molar-refractivity contribution in [2.45, 2.75) is 89.3 Å². The smallest absolute Gasteiger partial charge is 0.303 e. The molecule has 3 fully saturated rings.